The molecule has 0 aliphatic heterocycles. The molecule has 2 aromatic rings. The minimum Gasteiger partial charge on any atom is -0.463 e. The second-order valence-corrected chi connectivity index (χ2v) is 2.69. The third-order valence-electron chi connectivity index (χ3n) is 1.80. The normalized spacial score (nSPS) is 9.64. The Bertz CT molecular complexity index is 483. The lowest BCUT2D eigenvalue weighted by molar-refractivity contribution is 0.580. The molecule has 0 radical (unpaired) electrons. The van der Waals surface area contributed by atoms with E-state index in [1.165, 1.54) is 0 Å². The summed E-state index contributed by atoms with van der Waals surface area (Å²) >= 11 is 0. The van der Waals surface area contributed by atoms with Gasteiger partial charge in [-0.05, 0) is 18.2 Å². The fourth-order valence-electron chi connectivity index (χ4n) is 1.12. The first-order valence-corrected chi connectivity index (χ1v) is 3.99. The number of rotatable bonds is 1. The lowest BCUT2D eigenvalue weighted by Crippen LogP contribution is -1.91. The molecule has 2 rings (SSSR count). The van der Waals surface area contributed by atoms with Gasteiger partial charge in [-0.3, -0.25) is 0 Å². The maximum atomic E-state index is 6.81. The number of aromatic nitrogens is 1. The molecule has 0 unspecified atom stereocenters. The van der Waals surface area contributed by atoms with Crippen LogP contribution in [0, 0.1) is 6.57 Å². The molecule has 0 saturated carbocycles. The van der Waals surface area contributed by atoms with E-state index in [1.807, 2.05) is 0 Å². The van der Waals surface area contributed by atoms with Gasteiger partial charge in [-0.2, -0.15) is 0 Å². The summed E-state index contributed by atoms with van der Waals surface area (Å²) < 4.78 is 5.15. The van der Waals surface area contributed by atoms with Gasteiger partial charge in [0.25, 0.3) is 0 Å². The molecule has 4 heteroatoms. The Hall–Kier alpha value is -2.28. The van der Waals surface area contributed by atoms with Gasteiger partial charge in [0.2, 0.25) is 5.69 Å². The van der Waals surface area contributed by atoms with Crippen LogP contribution >= 0.6 is 0 Å². The van der Waals surface area contributed by atoms with Gasteiger partial charge in [0.1, 0.15) is 11.5 Å². The van der Waals surface area contributed by atoms with Crippen LogP contribution in [0.3, 0.4) is 0 Å². The summed E-state index contributed by atoms with van der Waals surface area (Å²) in [6.07, 6.45) is 1.57. The second-order valence-electron chi connectivity index (χ2n) is 2.69. The van der Waals surface area contributed by atoms with Crippen LogP contribution in [0.15, 0.2) is 34.9 Å². The number of nitrogen functional groups attached to an aromatic ring is 1. The first-order chi connectivity index (χ1) is 6.81. The standard InChI is InChI=1S/C10H7N3O/c1-12-8-5-4-7(13-10(8)11)9-3-2-6-14-9/h2-6H,(H2,11,13). The predicted octanol–water partition coefficient (Wildman–Crippen LogP) is 2.47. The quantitative estimate of drug-likeness (QED) is 0.694. The molecule has 0 aliphatic rings. The molecule has 14 heavy (non-hydrogen) atoms. The predicted molar refractivity (Wildman–Crippen MR) is 52.6 cm³/mol. The van der Waals surface area contributed by atoms with Gasteiger partial charge >= 0.3 is 0 Å². The maximum Gasteiger partial charge on any atom is 0.228 e. The van der Waals surface area contributed by atoms with E-state index >= 15 is 0 Å². The molecular formula is C10H7N3O. The molecule has 0 amide bonds. The van der Waals surface area contributed by atoms with Crippen molar-refractivity contribution in [3.63, 3.8) is 0 Å². The molecule has 68 valence electrons. The van der Waals surface area contributed by atoms with E-state index in [0.29, 0.717) is 17.1 Å². The zero-order valence-electron chi connectivity index (χ0n) is 7.27. The number of nitrogens with two attached hydrogens (primary N) is 1. The van der Waals surface area contributed by atoms with E-state index < -0.39 is 0 Å². The Balaban J connectivity index is 2.49. The molecule has 4 nitrogen and oxygen atoms in total. The fraction of sp³-hybridized carbons (Fsp3) is 0. The Labute approximate surface area is 80.8 Å². The average molecular weight is 185 g/mol. The topological polar surface area (TPSA) is 56.4 Å². The van der Waals surface area contributed by atoms with Crippen molar-refractivity contribution in [1.29, 1.82) is 0 Å². The number of anilines is 1. The summed E-state index contributed by atoms with van der Waals surface area (Å²) in [5, 5.41) is 0. The Morgan fingerprint density at radius 1 is 1.36 bits per heavy atom. The highest BCUT2D eigenvalue weighted by Crippen LogP contribution is 2.25. The third kappa shape index (κ3) is 1.31. The van der Waals surface area contributed by atoms with Crippen molar-refractivity contribution in [3.8, 4) is 11.5 Å². The highest BCUT2D eigenvalue weighted by Gasteiger charge is 2.05. The molecule has 2 aromatic heterocycles. The van der Waals surface area contributed by atoms with E-state index in [2.05, 4.69) is 9.83 Å². The largest absolute Gasteiger partial charge is 0.463 e. The lowest BCUT2D eigenvalue weighted by Gasteiger charge is -1.99. The van der Waals surface area contributed by atoms with E-state index in [1.54, 1.807) is 30.5 Å². The van der Waals surface area contributed by atoms with Crippen molar-refractivity contribution in [1.82, 2.24) is 4.98 Å². The SMILES string of the molecule is [C-]#[N+]c1ccc(-c2ccco2)nc1N. The van der Waals surface area contributed by atoms with Gasteiger partial charge in [-0.1, -0.05) is 6.07 Å². The van der Waals surface area contributed by atoms with Crippen LogP contribution in [0.5, 0.6) is 0 Å². The van der Waals surface area contributed by atoms with Crippen LogP contribution in [0.2, 0.25) is 0 Å². The number of furan rings is 1. The monoisotopic (exact) mass is 185 g/mol. The van der Waals surface area contributed by atoms with E-state index in [4.69, 9.17) is 16.7 Å². The van der Waals surface area contributed by atoms with E-state index in [-0.39, 0.29) is 5.82 Å². The van der Waals surface area contributed by atoms with Crippen LogP contribution in [0.1, 0.15) is 0 Å². The van der Waals surface area contributed by atoms with Gasteiger partial charge in [0.15, 0.2) is 5.76 Å². The number of hydrogen-bond acceptors (Lipinski definition) is 3. The van der Waals surface area contributed by atoms with Crippen molar-refractivity contribution >= 4 is 11.5 Å². The van der Waals surface area contributed by atoms with Crippen LogP contribution in [-0.2, 0) is 0 Å². The molecule has 2 N–H and O–H groups in total. The molecule has 0 saturated heterocycles. The molecule has 0 bridgehead atoms. The van der Waals surface area contributed by atoms with Crippen LogP contribution in [-0.4, -0.2) is 4.98 Å². The summed E-state index contributed by atoms with van der Waals surface area (Å²) in [7, 11) is 0. The van der Waals surface area contributed by atoms with Crippen molar-refractivity contribution < 1.29 is 4.42 Å². The Kier molecular flexibility index (Phi) is 1.92. The maximum absolute atomic E-state index is 6.81. The third-order valence-corrected chi connectivity index (χ3v) is 1.80. The van der Waals surface area contributed by atoms with Gasteiger partial charge in [0, 0.05) is 0 Å². The van der Waals surface area contributed by atoms with Crippen molar-refractivity contribution in [2.24, 2.45) is 0 Å². The molecule has 0 fully saturated rings. The molecule has 0 spiro atoms. The number of hydrogen-bond donors (Lipinski definition) is 1. The highest BCUT2D eigenvalue weighted by molar-refractivity contribution is 5.67. The zero-order valence-corrected chi connectivity index (χ0v) is 7.27. The van der Waals surface area contributed by atoms with Gasteiger partial charge < -0.3 is 10.2 Å². The summed E-state index contributed by atoms with van der Waals surface area (Å²) in [6, 6.07) is 6.91. The summed E-state index contributed by atoms with van der Waals surface area (Å²) in [4.78, 5) is 7.28. The second kappa shape index (κ2) is 3.23. The van der Waals surface area contributed by atoms with E-state index in [9.17, 15) is 0 Å². The fourth-order valence-corrected chi connectivity index (χ4v) is 1.12. The molecule has 0 aromatic carbocycles. The Morgan fingerprint density at radius 2 is 2.21 bits per heavy atom. The van der Waals surface area contributed by atoms with Crippen molar-refractivity contribution in [2.45, 2.75) is 0 Å². The van der Waals surface area contributed by atoms with E-state index in [0.717, 1.165) is 0 Å². The lowest BCUT2D eigenvalue weighted by atomic mass is 10.2. The van der Waals surface area contributed by atoms with Crippen molar-refractivity contribution in [2.75, 3.05) is 5.73 Å². The minimum atomic E-state index is 0.230. The average Bonchev–Trinajstić information content (AvgIpc) is 2.70. The van der Waals surface area contributed by atoms with Crippen LogP contribution in [0.4, 0.5) is 11.5 Å². The smallest absolute Gasteiger partial charge is 0.228 e. The minimum absolute atomic E-state index is 0.230. The van der Waals surface area contributed by atoms with Crippen molar-refractivity contribution in [3.05, 3.63) is 41.9 Å². The molecule has 2 heterocycles. The first kappa shape index (κ1) is 8.32. The number of pyridine rings is 1. The number of nitrogens with zero attached hydrogens (tertiary/aromatic N) is 2. The molecule has 0 aliphatic carbocycles. The summed E-state index contributed by atoms with van der Waals surface area (Å²) in [6.45, 7) is 6.81. The van der Waals surface area contributed by atoms with Crippen LogP contribution < -0.4 is 5.73 Å². The van der Waals surface area contributed by atoms with Crippen LogP contribution in [0.25, 0.3) is 16.3 Å². The van der Waals surface area contributed by atoms with Gasteiger partial charge in [-0.15, -0.1) is 0 Å². The summed E-state index contributed by atoms with van der Waals surface area (Å²) in [5.41, 5.74) is 6.57. The molecule has 0 atom stereocenters. The highest BCUT2D eigenvalue weighted by atomic mass is 16.3. The van der Waals surface area contributed by atoms with Gasteiger partial charge in [-0.25, -0.2) is 9.83 Å². The molecular weight excluding hydrogens is 178 g/mol. The van der Waals surface area contributed by atoms with Gasteiger partial charge in [0.05, 0.1) is 12.8 Å². The summed E-state index contributed by atoms with van der Waals surface area (Å²) in [5.74, 6) is 0.877. The first-order valence-electron chi connectivity index (χ1n) is 3.99. The zero-order chi connectivity index (χ0) is 9.97. The Morgan fingerprint density at radius 3 is 2.79 bits per heavy atom.